The van der Waals surface area contributed by atoms with Crippen molar-refractivity contribution in [3.05, 3.63) is 121 Å². The Balaban J connectivity index is 0.814. The van der Waals surface area contributed by atoms with Gasteiger partial charge in [0.25, 0.3) is 5.91 Å². The first-order valence-corrected chi connectivity index (χ1v) is 20.3. The van der Waals surface area contributed by atoms with E-state index < -0.39 is 11.9 Å². The Morgan fingerprint density at radius 1 is 0.982 bits per heavy atom. The molecule has 2 fully saturated rings. The molecule has 4 aliphatic heterocycles. The van der Waals surface area contributed by atoms with Gasteiger partial charge in [0.05, 0.1) is 23.7 Å². The molecule has 7 heterocycles. The molecule has 2 saturated heterocycles. The second-order valence-corrected chi connectivity index (χ2v) is 16.4. The zero-order valence-corrected chi connectivity index (χ0v) is 33.1. The average molecular weight is 799 g/mol. The molecule has 0 saturated carbocycles. The van der Waals surface area contributed by atoms with Crippen molar-refractivity contribution in [2.75, 3.05) is 19.7 Å². The van der Waals surface area contributed by atoms with E-state index in [0.29, 0.717) is 54.1 Å². The summed E-state index contributed by atoms with van der Waals surface area (Å²) in [7, 11) is 0. The number of ether oxygens (including phenoxy) is 1. The van der Waals surface area contributed by atoms with Crippen molar-refractivity contribution >= 4 is 46.4 Å². The summed E-state index contributed by atoms with van der Waals surface area (Å²) in [5, 5.41) is 12.8. The molecule has 2 aromatic carbocycles. The van der Waals surface area contributed by atoms with Crippen LogP contribution in [0.3, 0.4) is 0 Å². The van der Waals surface area contributed by atoms with Gasteiger partial charge in [0.15, 0.2) is 5.82 Å². The molecule has 288 valence electrons. The number of aliphatic imine (C=N–C) groups is 1. The first-order chi connectivity index (χ1) is 27.7. The summed E-state index contributed by atoms with van der Waals surface area (Å²) in [5.41, 5.74) is 7.19. The standard InChI is InChI=1S/C43H39ClN8O4S/c1-25-36(57-43-39(25)40(29-7-9-30(44)10-8-29)46-21-37-49-48-26(2)52(37)43)14-12-31-11-6-28(20-45-31)22-50-18-16-27(17-19-50)24-56-35-5-3-4-32-33(35)23-51(42(32)55)34-13-15-38(53)47-41(34)54/h3-11,20,27,34H,13,15-19,21-24H2,1-2H3,(H,47,53,54). The molecular formula is C43H39ClN8O4S. The monoisotopic (exact) mass is 798 g/mol. The van der Waals surface area contributed by atoms with Gasteiger partial charge in [0.2, 0.25) is 11.8 Å². The number of hydrogen-bond donors (Lipinski definition) is 1. The number of carbonyl (C=O) groups excluding carboxylic acids is 3. The number of fused-ring (bicyclic) bond motifs is 4. The van der Waals surface area contributed by atoms with Crippen molar-refractivity contribution in [3.8, 4) is 22.6 Å². The summed E-state index contributed by atoms with van der Waals surface area (Å²) < 4.78 is 8.42. The van der Waals surface area contributed by atoms with Crippen LogP contribution in [-0.2, 0) is 29.2 Å². The van der Waals surface area contributed by atoms with Crippen LogP contribution in [0.15, 0.2) is 65.8 Å². The van der Waals surface area contributed by atoms with E-state index in [2.05, 4.69) is 49.8 Å². The molecule has 4 aliphatic rings. The summed E-state index contributed by atoms with van der Waals surface area (Å²) in [6.07, 6.45) is 4.48. The minimum Gasteiger partial charge on any atom is -0.493 e. The van der Waals surface area contributed by atoms with Gasteiger partial charge in [-0.3, -0.25) is 34.2 Å². The molecule has 0 bridgehead atoms. The number of halogens is 1. The van der Waals surface area contributed by atoms with E-state index in [0.717, 1.165) is 87.5 Å². The first kappa shape index (κ1) is 36.9. The Hall–Kier alpha value is -5.68. The SMILES string of the molecule is Cc1c(C#Cc2ccc(CN3CCC(COc4cccc5c4CN(C4CCC(=O)NC4=O)C5=O)CC3)cn2)sc2c1C(c1ccc(Cl)cc1)=NCc1nnc(C)n1-2. The summed E-state index contributed by atoms with van der Waals surface area (Å²) >= 11 is 7.83. The van der Waals surface area contributed by atoms with E-state index in [-0.39, 0.29) is 18.2 Å². The highest BCUT2D eigenvalue weighted by Gasteiger charge is 2.40. The molecule has 14 heteroatoms. The molecule has 12 nitrogen and oxygen atoms in total. The fourth-order valence-corrected chi connectivity index (χ4v) is 9.44. The maximum atomic E-state index is 13.2. The van der Waals surface area contributed by atoms with E-state index in [9.17, 15) is 14.4 Å². The number of amides is 3. The molecule has 0 radical (unpaired) electrons. The molecule has 1 atom stereocenters. The molecule has 5 aromatic rings. The Labute approximate surface area is 338 Å². The number of imide groups is 1. The summed E-state index contributed by atoms with van der Waals surface area (Å²) in [5.74, 6) is 8.48. The van der Waals surface area contributed by atoms with Crippen molar-refractivity contribution in [2.24, 2.45) is 10.9 Å². The fourth-order valence-electron chi connectivity index (χ4n) is 8.08. The third kappa shape index (κ3) is 7.25. The summed E-state index contributed by atoms with van der Waals surface area (Å²) in [6.45, 7) is 8.05. The number of piperidine rings is 2. The molecule has 1 unspecified atom stereocenters. The van der Waals surface area contributed by atoms with Crippen LogP contribution < -0.4 is 10.1 Å². The summed E-state index contributed by atoms with van der Waals surface area (Å²) in [6, 6.07) is 16.7. The van der Waals surface area contributed by atoms with Crippen molar-refractivity contribution in [1.29, 1.82) is 0 Å². The highest BCUT2D eigenvalue weighted by molar-refractivity contribution is 7.15. The van der Waals surface area contributed by atoms with Crippen LogP contribution in [0.25, 0.3) is 5.00 Å². The number of thiophene rings is 1. The number of carbonyl (C=O) groups is 3. The highest BCUT2D eigenvalue weighted by atomic mass is 35.5. The molecule has 1 N–H and O–H groups in total. The fraction of sp³-hybridized carbons (Fsp3) is 0.326. The third-order valence-electron chi connectivity index (χ3n) is 11.2. The Morgan fingerprint density at radius 2 is 1.81 bits per heavy atom. The summed E-state index contributed by atoms with van der Waals surface area (Å²) in [4.78, 5) is 52.0. The normalized spacial score (nSPS) is 18.2. The van der Waals surface area contributed by atoms with Crippen LogP contribution in [0.5, 0.6) is 5.75 Å². The second kappa shape index (κ2) is 15.3. The predicted molar refractivity (Wildman–Crippen MR) is 216 cm³/mol. The van der Waals surface area contributed by atoms with Crippen LogP contribution in [0.4, 0.5) is 0 Å². The lowest BCUT2D eigenvalue weighted by Gasteiger charge is -2.32. The Bertz CT molecular complexity index is 2510. The van der Waals surface area contributed by atoms with E-state index in [4.69, 9.17) is 26.3 Å². The topological polar surface area (TPSA) is 135 Å². The van der Waals surface area contributed by atoms with Crippen molar-refractivity contribution in [3.63, 3.8) is 0 Å². The van der Waals surface area contributed by atoms with E-state index >= 15 is 0 Å². The minimum atomic E-state index is -0.647. The minimum absolute atomic E-state index is 0.193. The maximum Gasteiger partial charge on any atom is 0.255 e. The lowest BCUT2D eigenvalue weighted by atomic mass is 9.97. The Kier molecular flexibility index (Phi) is 9.94. The highest BCUT2D eigenvalue weighted by Crippen LogP contribution is 2.37. The number of benzene rings is 2. The van der Waals surface area contributed by atoms with E-state index in [1.165, 1.54) is 0 Å². The third-order valence-corrected chi connectivity index (χ3v) is 12.7. The molecule has 9 rings (SSSR count). The van der Waals surface area contributed by atoms with E-state index in [1.807, 2.05) is 55.6 Å². The van der Waals surface area contributed by atoms with Gasteiger partial charge >= 0.3 is 0 Å². The maximum absolute atomic E-state index is 13.2. The number of nitrogens with zero attached hydrogens (tertiary/aromatic N) is 7. The smallest absolute Gasteiger partial charge is 0.255 e. The van der Waals surface area contributed by atoms with Gasteiger partial charge in [0.1, 0.15) is 34.9 Å². The lowest BCUT2D eigenvalue weighted by molar-refractivity contribution is -0.136. The zero-order chi connectivity index (χ0) is 39.2. The number of likely N-dealkylation sites (tertiary alicyclic amines) is 1. The molecule has 57 heavy (non-hydrogen) atoms. The number of nitrogens with one attached hydrogen (secondary N) is 1. The Morgan fingerprint density at radius 3 is 2.58 bits per heavy atom. The number of aromatic nitrogens is 4. The molecule has 3 amide bonds. The molecular weight excluding hydrogens is 760 g/mol. The van der Waals surface area contributed by atoms with Gasteiger partial charge in [-0.25, -0.2) is 4.98 Å². The van der Waals surface area contributed by atoms with Gasteiger partial charge in [-0.2, -0.15) is 0 Å². The number of aryl methyl sites for hydroxylation is 1. The number of hydrogen-bond acceptors (Lipinski definition) is 10. The molecule has 0 spiro atoms. The van der Waals surface area contributed by atoms with Crippen LogP contribution in [0.1, 0.15) is 86.1 Å². The predicted octanol–water partition coefficient (Wildman–Crippen LogP) is 5.80. The first-order valence-electron chi connectivity index (χ1n) is 19.1. The van der Waals surface area contributed by atoms with Gasteiger partial charge in [-0.15, -0.1) is 21.5 Å². The molecule has 0 aliphatic carbocycles. The van der Waals surface area contributed by atoms with Crippen molar-refractivity contribution in [1.82, 2.24) is 34.9 Å². The lowest BCUT2D eigenvalue weighted by Crippen LogP contribution is -2.52. The van der Waals surface area contributed by atoms with Crippen LogP contribution >= 0.6 is 22.9 Å². The van der Waals surface area contributed by atoms with Gasteiger partial charge in [-0.1, -0.05) is 35.9 Å². The number of rotatable bonds is 7. The van der Waals surface area contributed by atoms with Gasteiger partial charge < -0.3 is 9.64 Å². The second-order valence-electron chi connectivity index (χ2n) is 14.9. The molecule has 3 aromatic heterocycles. The number of pyridine rings is 1. The average Bonchev–Trinajstić information content (AvgIpc) is 3.82. The van der Waals surface area contributed by atoms with Gasteiger partial charge in [0, 0.05) is 46.4 Å². The zero-order valence-electron chi connectivity index (χ0n) is 31.5. The van der Waals surface area contributed by atoms with Crippen LogP contribution in [0, 0.1) is 31.6 Å². The van der Waals surface area contributed by atoms with Crippen LogP contribution in [0.2, 0.25) is 5.02 Å². The van der Waals surface area contributed by atoms with E-state index in [1.54, 1.807) is 22.3 Å². The van der Waals surface area contributed by atoms with Crippen molar-refractivity contribution < 1.29 is 19.1 Å². The quantitative estimate of drug-likeness (QED) is 0.162. The largest absolute Gasteiger partial charge is 0.493 e. The van der Waals surface area contributed by atoms with Crippen molar-refractivity contribution in [2.45, 2.75) is 65.2 Å². The van der Waals surface area contributed by atoms with Crippen LogP contribution in [-0.4, -0.2) is 78.7 Å². The van der Waals surface area contributed by atoms with Gasteiger partial charge in [-0.05, 0) is 105 Å².